The molecule has 0 unspecified atom stereocenters. The molecule has 0 aliphatic heterocycles. The van der Waals surface area contributed by atoms with Gasteiger partial charge >= 0.3 is 6.16 Å². The van der Waals surface area contributed by atoms with Crippen LogP contribution in [0.1, 0.15) is 0 Å². The first kappa shape index (κ1) is 8.39. The number of rotatable bonds is 1. The lowest BCUT2D eigenvalue weighted by Crippen LogP contribution is -2.07. The zero-order valence-corrected chi connectivity index (χ0v) is 6.61. The van der Waals surface area contributed by atoms with Crippen molar-refractivity contribution in [3.05, 3.63) is 24.3 Å². The Labute approximate surface area is 69.9 Å². The highest BCUT2D eigenvalue weighted by molar-refractivity contribution is 5.64. The summed E-state index contributed by atoms with van der Waals surface area (Å²) in [4.78, 5) is 10.6. The molecule has 12 heavy (non-hydrogen) atoms. The van der Waals surface area contributed by atoms with Crippen molar-refractivity contribution in [2.75, 3.05) is 12.8 Å². The van der Waals surface area contributed by atoms with Gasteiger partial charge in [0.1, 0.15) is 5.75 Å². The van der Waals surface area contributed by atoms with Gasteiger partial charge in [0.2, 0.25) is 0 Å². The first-order valence-corrected chi connectivity index (χ1v) is 3.33. The second-order valence-electron chi connectivity index (χ2n) is 2.13. The molecule has 0 heterocycles. The molecule has 2 N–H and O–H groups in total. The van der Waals surface area contributed by atoms with Crippen LogP contribution in [-0.4, -0.2) is 13.3 Å². The Kier molecular flexibility index (Phi) is 2.53. The fourth-order valence-corrected chi connectivity index (χ4v) is 0.716. The van der Waals surface area contributed by atoms with E-state index in [0.717, 1.165) is 0 Å². The Balaban J connectivity index is 2.69. The van der Waals surface area contributed by atoms with Crippen molar-refractivity contribution in [1.29, 1.82) is 0 Å². The van der Waals surface area contributed by atoms with Crippen LogP contribution in [0.15, 0.2) is 24.3 Å². The molecule has 0 saturated carbocycles. The van der Waals surface area contributed by atoms with Gasteiger partial charge in [0.05, 0.1) is 7.11 Å². The molecule has 0 aliphatic carbocycles. The lowest BCUT2D eigenvalue weighted by atomic mass is 10.3. The van der Waals surface area contributed by atoms with Crippen LogP contribution in [0.5, 0.6) is 5.75 Å². The van der Waals surface area contributed by atoms with Gasteiger partial charge < -0.3 is 15.2 Å². The summed E-state index contributed by atoms with van der Waals surface area (Å²) < 4.78 is 9.00. The minimum absolute atomic E-state index is 0.377. The summed E-state index contributed by atoms with van der Waals surface area (Å²) in [5.74, 6) is 0.377. The second kappa shape index (κ2) is 3.61. The number of anilines is 1. The van der Waals surface area contributed by atoms with E-state index in [2.05, 4.69) is 4.74 Å². The molecule has 4 nitrogen and oxygen atoms in total. The topological polar surface area (TPSA) is 61.5 Å². The predicted molar refractivity (Wildman–Crippen MR) is 43.9 cm³/mol. The van der Waals surface area contributed by atoms with Gasteiger partial charge in [-0.15, -0.1) is 0 Å². The summed E-state index contributed by atoms with van der Waals surface area (Å²) in [6.07, 6.45) is -0.749. The molecule has 0 fully saturated rings. The summed E-state index contributed by atoms with van der Waals surface area (Å²) in [5, 5.41) is 0. The molecule has 0 aromatic heterocycles. The van der Waals surface area contributed by atoms with Gasteiger partial charge in [-0.25, -0.2) is 4.79 Å². The zero-order chi connectivity index (χ0) is 8.97. The summed E-state index contributed by atoms with van der Waals surface area (Å²) in [6, 6.07) is 6.54. The number of carbonyl (C=O) groups excluding carboxylic acids is 1. The summed E-state index contributed by atoms with van der Waals surface area (Å²) in [6.45, 7) is 0. The molecule has 64 valence electrons. The van der Waals surface area contributed by atoms with Gasteiger partial charge in [-0.1, -0.05) is 6.07 Å². The third kappa shape index (κ3) is 2.16. The highest BCUT2D eigenvalue weighted by atomic mass is 16.7. The predicted octanol–water partition coefficient (Wildman–Crippen LogP) is 1.41. The zero-order valence-electron chi connectivity index (χ0n) is 6.61. The van der Waals surface area contributed by atoms with E-state index in [4.69, 9.17) is 10.5 Å². The van der Waals surface area contributed by atoms with E-state index in [-0.39, 0.29) is 0 Å². The molecule has 4 heteroatoms. The molecule has 1 aromatic rings. The minimum Gasteiger partial charge on any atom is -0.437 e. The number of nitrogen functional groups attached to an aromatic ring is 1. The molecule has 1 rings (SSSR count). The molecule has 0 radical (unpaired) electrons. The van der Waals surface area contributed by atoms with Crippen LogP contribution < -0.4 is 10.5 Å². The standard InChI is InChI=1S/C8H9NO3/c1-11-8(10)12-7-4-2-3-6(9)5-7/h2-5H,9H2,1H3. The maximum atomic E-state index is 10.6. The van der Waals surface area contributed by atoms with Crippen LogP contribution in [-0.2, 0) is 4.74 Å². The summed E-state index contributed by atoms with van der Waals surface area (Å²) in [5.41, 5.74) is 5.98. The van der Waals surface area contributed by atoms with Gasteiger partial charge in [0, 0.05) is 11.8 Å². The summed E-state index contributed by atoms with van der Waals surface area (Å²) >= 11 is 0. The molecule has 0 spiro atoms. The molecule has 0 atom stereocenters. The van der Waals surface area contributed by atoms with Crippen molar-refractivity contribution in [2.45, 2.75) is 0 Å². The quantitative estimate of drug-likeness (QED) is 0.390. The molecule has 0 amide bonds. The van der Waals surface area contributed by atoms with Crippen molar-refractivity contribution in [1.82, 2.24) is 0 Å². The van der Waals surface area contributed by atoms with Crippen LogP contribution in [0.4, 0.5) is 10.5 Å². The first-order chi connectivity index (χ1) is 5.72. The van der Waals surface area contributed by atoms with E-state index in [1.54, 1.807) is 18.2 Å². The van der Waals surface area contributed by atoms with Gasteiger partial charge in [-0.3, -0.25) is 0 Å². The molecular formula is C8H9NO3. The Morgan fingerprint density at radius 1 is 1.50 bits per heavy atom. The number of benzene rings is 1. The van der Waals surface area contributed by atoms with Crippen LogP contribution in [0.25, 0.3) is 0 Å². The lowest BCUT2D eigenvalue weighted by Gasteiger charge is -2.01. The third-order valence-corrected chi connectivity index (χ3v) is 1.23. The molecule has 0 aliphatic rings. The fraction of sp³-hybridized carbons (Fsp3) is 0.125. The molecule has 0 saturated heterocycles. The smallest absolute Gasteiger partial charge is 0.437 e. The fourth-order valence-electron chi connectivity index (χ4n) is 0.716. The monoisotopic (exact) mass is 167 g/mol. The Bertz CT molecular complexity index is 285. The van der Waals surface area contributed by atoms with Gasteiger partial charge in [0.15, 0.2) is 0 Å². The maximum absolute atomic E-state index is 10.6. The summed E-state index contributed by atoms with van der Waals surface area (Å²) in [7, 11) is 1.24. The Morgan fingerprint density at radius 3 is 2.83 bits per heavy atom. The van der Waals surface area contributed by atoms with Crippen molar-refractivity contribution in [2.24, 2.45) is 0 Å². The van der Waals surface area contributed by atoms with E-state index in [9.17, 15) is 4.79 Å². The van der Waals surface area contributed by atoms with Crippen LogP contribution in [0.2, 0.25) is 0 Å². The number of hydrogen-bond donors (Lipinski definition) is 1. The van der Waals surface area contributed by atoms with E-state index >= 15 is 0 Å². The van der Waals surface area contributed by atoms with Crippen molar-refractivity contribution in [3.8, 4) is 5.75 Å². The van der Waals surface area contributed by atoms with E-state index in [0.29, 0.717) is 11.4 Å². The van der Waals surface area contributed by atoms with Gasteiger partial charge in [0.25, 0.3) is 0 Å². The van der Waals surface area contributed by atoms with Gasteiger partial charge in [-0.05, 0) is 12.1 Å². The highest BCUT2D eigenvalue weighted by Gasteiger charge is 2.02. The number of carbonyl (C=O) groups is 1. The third-order valence-electron chi connectivity index (χ3n) is 1.23. The van der Waals surface area contributed by atoms with Crippen LogP contribution >= 0.6 is 0 Å². The van der Waals surface area contributed by atoms with Gasteiger partial charge in [-0.2, -0.15) is 0 Å². The van der Waals surface area contributed by atoms with E-state index in [1.807, 2.05) is 0 Å². The van der Waals surface area contributed by atoms with Crippen molar-refractivity contribution < 1.29 is 14.3 Å². The normalized spacial score (nSPS) is 9.08. The average Bonchev–Trinajstić information content (AvgIpc) is 2.04. The largest absolute Gasteiger partial charge is 0.513 e. The highest BCUT2D eigenvalue weighted by Crippen LogP contribution is 2.14. The lowest BCUT2D eigenvalue weighted by molar-refractivity contribution is 0.121. The maximum Gasteiger partial charge on any atom is 0.513 e. The van der Waals surface area contributed by atoms with E-state index in [1.165, 1.54) is 13.2 Å². The average molecular weight is 167 g/mol. The van der Waals surface area contributed by atoms with E-state index < -0.39 is 6.16 Å². The van der Waals surface area contributed by atoms with Crippen LogP contribution in [0, 0.1) is 0 Å². The number of methoxy groups -OCH3 is 1. The Hall–Kier alpha value is -1.71. The first-order valence-electron chi connectivity index (χ1n) is 3.33. The minimum atomic E-state index is -0.749. The number of nitrogens with two attached hydrogens (primary N) is 1. The molecule has 1 aromatic carbocycles. The molecule has 0 bridgehead atoms. The van der Waals surface area contributed by atoms with Crippen LogP contribution in [0.3, 0.4) is 0 Å². The number of hydrogen-bond acceptors (Lipinski definition) is 4. The second-order valence-corrected chi connectivity index (χ2v) is 2.13. The number of ether oxygens (including phenoxy) is 2. The SMILES string of the molecule is COC(=O)Oc1cccc(N)c1. The van der Waals surface area contributed by atoms with Crippen molar-refractivity contribution in [3.63, 3.8) is 0 Å². The molecular weight excluding hydrogens is 158 g/mol. The van der Waals surface area contributed by atoms with Crippen molar-refractivity contribution >= 4 is 11.8 Å². The Morgan fingerprint density at radius 2 is 2.25 bits per heavy atom.